The first-order valence-corrected chi connectivity index (χ1v) is 10.7. The number of hydrogen-bond donors (Lipinski definition) is 2. The van der Waals surface area contributed by atoms with Crippen LogP contribution in [0.5, 0.6) is 5.75 Å². The third-order valence-corrected chi connectivity index (χ3v) is 5.65. The number of nitrogens with one attached hydrogen (secondary N) is 2. The van der Waals surface area contributed by atoms with Crippen molar-refractivity contribution in [3.8, 4) is 16.3 Å². The highest BCUT2D eigenvalue weighted by Crippen LogP contribution is 2.26. The summed E-state index contributed by atoms with van der Waals surface area (Å²) in [5.74, 6) is 0.226. The summed E-state index contributed by atoms with van der Waals surface area (Å²) in [5, 5.41) is 12.2. The van der Waals surface area contributed by atoms with Gasteiger partial charge < -0.3 is 15.4 Å². The Balaban J connectivity index is 1.41. The number of rotatable bonds is 7. The van der Waals surface area contributed by atoms with Crippen LogP contribution in [0.2, 0.25) is 0 Å². The van der Waals surface area contributed by atoms with Crippen LogP contribution in [0.4, 0.5) is 11.4 Å². The molecule has 2 amide bonds. The van der Waals surface area contributed by atoms with Gasteiger partial charge in [0.25, 0.3) is 5.91 Å². The van der Waals surface area contributed by atoms with Crippen LogP contribution >= 0.6 is 11.3 Å². The van der Waals surface area contributed by atoms with Crippen molar-refractivity contribution in [2.75, 3.05) is 17.7 Å². The van der Waals surface area contributed by atoms with Crippen LogP contribution in [0, 0.1) is 0 Å². The largest absolute Gasteiger partial charge is 0.497 e. The maximum atomic E-state index is 12.7. The highest BCUT2D eigenvalue weighted by Gasteiger charge is 2.16. The summed E-state index contributed by atoms with van der Waals surface area (Å²) < 4.78 is 6.74. The number of methoxy groups -OCH3 is 1. The number of amides is 2. The van der Waals surface area contributed by atoms with Crippen LogP contribution in [0.25, 0.3) is 10.6 Å². The molecule has 0 saturated carbocycles. The Morgan fingerprint density at radius 2 is 1.81 bits per heavy atom. The molecule has 0 aliphatic carbocycles. The van der Waals surface area contributed by atoms with Crippen LogP contribution in [0.3, 0.4) is 0 Å². The Kier molecular flexibility index (Phi) is 6.27. The smallest absolute Gasteiger partial charge is 0.275 e. The summed E-state index contributed by atoms with van der Waals surface area (Å²) in [6.07, 6.45) is 3.35. The van der Waals surface area contributed by atoms with Crippen molar-refractivity contribution in [3.63, 3.8) is 0 Å². The quantitative estimate of drug-likeness (QED) is 0.436. The van der Waals surface area contributed by atoms with E-state index in [1.807, 2.05) is 24.3 Å². The molecule has 4 rings (SSSR count). The zero-order valence-electron chi connectivity index (χ0n) is 17.5. The molecule has 2 aromatic heterocycles. The van der Waals surface area contributed by atoms with E-state index in [2.05, 4.69) is 20.7 Å². The van der Waals surface area contributed by atoms with E-state index >= 15 is 0 Å². The molecule has 0 radical (unpaired) electrons. The average molecular weight is 448 g/mol. The fourth-order valence-corrected chi connectivity index (χ4v) is 3.80. The maximum Gasteiger partial charge on any atom is 0.275 e. The highest BCUT2D eigenvalue weighted by molar-refractivity contribution is 7.13. The molecule has 0 aliphatic heterocycles. The molecule has 1 atom stereocenters. The van der Waals surface area contributed by atoms with Gasteiger partial charge in [0.15, 0.2) is 0 Å². The zero-order chi connectivity index (χ0) is 22.5. The number of carbonyl (C=O) groups excluding carboxylic acids is 2. The number of hydrogen-bond acceptors (Lipinski definition) is 6. The van der Waals surface area contributed by atoms with Crippen molar-refractivity contribution in [1.29, 1.82) is 0 Å². The van der Waals surface area contributed by atoms with Crippen LogP contribution in [-0.2, 0) is 4.79 Å². The minimum atomic E-state index is -0.463. The lowest BCUT2D eigenvalue weighted by molar-refractivity contribution is -0.119. The highest BCUT2D eigenvalue weighted by atomic mass is 32.1. The molecular formula is C23H21N5O3S. The monoisotopic (exact) mass is 447 g/mol. The number of ether oxygens (including phenoxy) is 1. The van der Waals surface area contributed by atoms with Crippen molar-refractivity contribution < 1.29 is 14.3 Å². The lowest BCUT2D eigenvalue weighted by atomic mass is 10.2. The molecular weight excluding hydrogens is 426 g/mol. The first-order chi connectivity index (χ1) is 15.5. The van der Waals surface area contributed by atoms with Crippen LogP contribution in [0.1, 0.15) is 23.5 Å². The second-order valence-electron chi connectivity index (χ2n) is 6.95. The summed E-state index contributed by atoms with van der Waals surface area (Å²) in [6, 6.07) is 15.8. The van der Waals surface area contributed by atoms with E-state index in [0.717, 1.165) is 16.3 Å². The predicted molar refractivity (Wildman–Crippen MR) is 124 cm³/mol. The number of anilines is 2. The van der Waals surface area contributed by atoms with Gasteiger partial charge in [0.2, 0.25) is 5.91 Å². The summed E-state index contributed by atoms with van der Waals surface area (Å²) in [5.41, 5.74) is 2.36. The van der Waals surface area contributed by atoms with Gasteiger partial charge in [-0.2, -0.15) is 5.10 Å². The minimum absolute atomic E-state index is 0.208. The van der Waals surface area contributed by atoms with Gasteiger partial charge in [-0.25, -0.2) is 4.98 Å². The molecule has 32 heavy (non-hydrogen) atoms. The molecule has 2 heterocycles. The first kappa shape index (κ1) is 21.3. The molecule has 9 heteroatoms. The van der Waals surface area contributed by atoms with Crippen molar-refractivity contribution in [2.45, 2.75) is 13.0 Å². The topological polar surface area (TPSA) is 98.1 Å². The van der Waals surface area contributed by atoms with Gasteiger partial charge in [0, 0.05) is 34.7 Å². The first-order valence-electron chi connectivity index (χ1n) is 9.85. The van der Waals surface area contributed by atoms with Gasteiger partial charge in [-0.3, -0.25) is 14.3 Å². The third kappa shape index (κ3) is 4.84. The molecule has 1 unspecified atom stereocenters. The summed E-state index contributed by atoms with van der Waals surface area (Å²) >= 11 is 1.39. The van der Waals surface area contributed by atoms with E-state index in [4.69, 9.17) is 4.74 Å². The van der Waals surface area contributed by atoms with E-state index < -0.39 is 6.04 Å². The van der Waals surface area contributed by atoms with Crippen LogP contribution in [-0.4, -0.2) is 33.7 Å². The number of carbonyl (C=O) groups is 2. The maximum absolute atomic E-state index is 12.7. The summed E-state index contributed by atoms with van der Waals surface area (Å²) in [7, 11) is 1.61. The van der Waals surface area contributed by atoms with E-state index in [0.29, 0.717) is 17.1 Å². The van der Waals surface area contributed by atoms with E-state index in [1.165, 1.54) is 11.3 Å². The molecule has 0 aliphatic rings. The van der Waals surface area contributed by atoms with Gasteiger partial charge in [-0.05, 0) is 55.5 Å². The van der Waals surface area contributed by atoms with Gasteiger partial charge >= 0.3 is 0 Å². The van der Waals surface area contributed by atoms with E-state index in [9.17, 15) is 9.59 Å². The minimum Gasteiger partial charge on any atom is -0.497 e. The number of thiazole rings is 1. The Bertz CT molecular complexity index is 1220. The van der Waals surface area contributed by atoms with Crippen molar-refractivity contribution in [3.05, 3.63) is 78.1 Å². The number of aromatic nitrogens is 3. The van der Waals surface area contributed by atoms with Crippen molar-refractivity contribution in [1.82, 2.24) is 14.8 Å². The second kappa shape index (κ2) is 9.44. The standard InChI is InChI=1S/C23H21N5O3S/c1-15(28-12-4-11-24-28)21(29)25-17-5-3-6-18(13-17)26-22(30)20-14-32-23(27-20)16-7-9-19(31-2)10-8-16/h3-15H,1-2H3,(H,25,29)(H,26,30). The molecule has 4 aromatic rings. The van der Waals surface area contributed by atoms with Gasteiger partial charge in [0.1, 0.15) is 22.5 Å². The molecule has 8 nitrogen and oxygen atoms in total. The summed E-state index contributed by atoms with van der Waals surface area (Å²) in [6.45, 7) is 1.76. The van der Waals surface area contributed by atoms with Crippen molar-refractivity contribution >= 4 is 34.5 Å². The summed E-state index contributed by atoms with van der Waals surface area (Å²) in [4.78, 5) is 29.6. The molecule has 0 fully saturated rings. The number of nitrogens with zero attached hydrogens (tertiary/aromatic N) is 3. The van der Waals surface area contributed by atoms with Crippen LogP contribution in [0.15, 0.2) is 72.4 Å². The Morgan fingerprint density at radius 3 is 2.50 bits per heavy atom. The van der Waals surface area contributed by atoms with E-state index in [-0.39, 0.29) is 11.8 Å². The van der Waals surface area contributed by atoms with Crippen LogP contribution < -0.4 is 15.4 Å². The Hall–Kier alpha value is -3.98. The molecule has 2 aromatic carbocycles. The lowest BCUT2D eigenvalue weighted by Gasteiger charge is -2.13. The predicted octanol–water partition coefficient (Wildman–Crippen LogP) is 4.47. The Labute approximate surface area is 188 Å². The molecule has 0 saturated heterocycles. The normalized spacial score (nSPS) is 11.6. The van der Waals surface area contributed by atoms with Gasteiger partial charge in [0.05, 0.1) is 7.11 Å². The lowest BCUT2D eigenvalue weighted by Crippen LogP contribution is -2.24. The third-order valence-electron chi connectivity index (χ3n) is 4.76. The molecule has 0 spiro atoms. The van der Waals surface area contributed by atoms with Crippen molar-refractivity contribution in [2.24, 2.45) is 0 Å². The second-order valence-corrected chi connectivity index (χ2v) is 7.81. The van der Waals surface area contributed by atoms with E-state index in [1.54, 1.807) is 66.8 Å². The molecule has 2 N–H and O–H groups in total. The van der Waals surface area contributed by atoms with Gasteiger partial charge in [-0.1, -0.05) is 6.07 Å². The number of benzene rings is 2. The Morgan fingerprint density at radius 1 is 1.06 bits per heavy atom. The average Bonchev–Trinajstić information content (AvgIpc) is 3.51. The zero-order valence-corrected chi connectivity index (χ0v) is 18.3. The SMILES string of the molecule is COc1ccc(-c2nc(C(=O)Nc3cccc(NC(=O)C(C)n4cccn4)c3)cs2)cc1. The molecule has 0 bridgehead atoms. The molecule has 162 valence electrons. The van der Waals surface area contributed by atoms with Gasteiger partial charge in [-0.15, -0.1) is 11.3 Å². The fourth-order valence-electron chi connectivity index (χ4n) is 2.99. The fraction of sp³-hybridized carbons (Fsp3) is 0.130.